The Labute approximate surface area is 123 Å². The summed E-state index contributed by atoms with van der Waals surface area (Å²) >= 11 is 0. The van der Waals surface area contributed by atoms with E-state index in [4.69, 9.17) is 0 Å². The van der Waals surface area contributed by atoms with Crippen LogP contribution in [0, 0.1) is 5.41 Å². The van der Waals surface area contributed by atoms with Gasteiger partial charge >= 0.3 is 5.69 Å². The molecule has 0 unspecified atom stereocenters. The van der Waals surface area contributed by atoms with Crippen LogP contribution in [0.2, 0.25) is 0 Å². The lowest BCUT2D eigenvalue weighted by atomic mass is 9.71. The third-order valence-electron chi connectivity index (χ3n) is 4.44. The van der Waals surface area contributed by atoms with Gasteiger partial charge in [-0.25, -0.2) is 9.48 Å². The minimum Gasteiger partial charge on any atom is -0.388 e. The van der Waals surface area contributed by atoms with Gasteiger partial charge in [0.2, 0.25) is 5.82 Å². The maximum absolute atomic E-state index is 12.0. The zero-order chi connectivity index (χ0) is 15.8. The van der Waals surface area contributed by atoms with E-state index >= 15 is 0 Å². The minimum atomic E-state index is -0.823. The van der Waals surface area contributed by atoms with Crippen molar-refractivity contribution in [2.45, 2.75) is 45.1 Å². The molecule has 0 amide bonds. The molecule has 1 aliphatic rings. The Morgan fingerprint density at radius 3 is 2.33 bits per heavy atom. The normalized spacial score (nSPS) is 20.2. The Hall–Kier alpha value is -1.63. The first kappa shape index (κ1) is 15.8. The van der Waals surface area contributed by atoms with Crippen molar-refractivity contribution >= 4 is 5.82 Å². The fourth-order valence-corrected chi connectivity index (χ4v) is 2.63. The van der Waals surface area contributed by atoms with Gasteiger partial charge in [-0.3, -0.25) is 9.36 Å². The first-order chi connectivity index (χ1) is 9.64. The van der Waals surface area contributed by atoms with Crippen LogP contribution in [0.25, 0.3) is 0 Å². The van der Waals surface area contributed by atoms with Gasteiger partial charge < -0.3 is 10.4 Å². The van der Waals surface area contributed by atoms with Gasteiger partial charge in [0.1, 0.15) is 0 Å². The highest BCUT2D eigenvalue weighted by atomic mass is 16.3. The summed E-state index contributed by atoms with van der Waals surface area (Å²) in [6, 6.07) is 0. The Morgan fingerprint density at radius 2 is 1.76 bits per heavy atom. The topological polar surface area (TPSA) is 89.2 Å². The van der Waals surface area contributed by atoms with E-state index in [0.717, 1.165) is 22.1 Å². The highest BCUT2D eigenvalue weighted by Crippen LogP contribution is 2.39. The summed E-state index contributed by atoms with van der Waals surface area (Å²) in [6.07, 6.45) is 3.28. The van der Waals surface area contributed by atoms with Crippen molar-refractivity contribution in [3.05, 3.63) is 20.8 Å². The molecule has 2 N–H and O–H groups in total. The lowest BCUT2D eigenvalue weighted by Crippen LogP contribution is -2.45. The number of rotatable bonds is 3. The molecule has 118 valence electrons. The first-order valence-electron chi connectivity index (χ1n) is 7.24. The van der Waals surface area contributed by atoms with Crippen LogP contribution >= 0.6 is 0 Å². The Morgan fingerprint density at radius 1 is 1.19 bits per heavy atom. The van der Waals surface area contributed by atoms with E-state index in [1.165, 1.54) is 14.1 Å². The van der Waals surface area contributed by atoms with Gasteiger partial charge in [-0.05, 0) is 31.1 Å². The second kappa shape index (κ2) is 5.29. The number of hydrogen-bond acceptors (Lipinski definition) is 5. The first-order valence-corrected chi connectivity index (χ1v) is 7.24. The summed E-state index contributed by atoms with van der Waals surface area (Å²) in [7, 11) is 2.90. The molecule has 1 fully saturated rings. The Kier molecular flexibility index (Phi) is 3.97. The van der Waals surface area contributed by atoms with Gasteiger partial charge in [0, 0.05) is 20.6 Å². The van der Waals surface area contributed by atoms with Crippen LogP contribution < -0.4 is 16.6 Å². The molecule has 0 atom stereocenters. The van der Waals surface area contributed by atoms with Crippen molar-refractivity contribution in [1.29, 1.82) is 0 Å². The molecule has 1 heterocycles. The molecule has 0 bridgehead atoms. The molecular weight excluding hydrogens is 272 g/mol. The fourth-order valence-electron chi connectivity index (χ4n) is 2.63. The molecule has 0 aromatic carbocycles. The molecule has 7 nitrogen and oxygen atoms in total. The maximum atomic E-state index is 12.0. The molecule has 1 saturated carbocycles. The summed E-state index contributed by atoms with van der Waals surface area (Å²) < 4.78 is 2.11. The van der Waals surface area contributed by atoms with Crippen molar-refractivity contribution in [2.75, 3.05) is 11.9 Å². The molecule has 2 rings (SSSR count). The van der Waals surface area contributed by atoms with Crippen LogP contribution in [-0.4, -0.2) is 31.6 Å². The lowest BCUT2D eigenvalue weighted by Gasteiger charge is -2.40. The number of hydrogen-bond donors (Lipinski definition) is 2. The number of aryl methyl sites for hydroxylation is 1. The van der Waals surface area contributed by atoms with E-state index in [1.807, 2.05) is 0 Å². The third-order valence-corrected chi connectivity index (χ3v) is 4.44. The van der Waals surface area contributed by atoms with Gasteiger partial charge in [-0.2, -0.15) is 0 Å². The highest BCUT2D eigenvalue weighted by Gasteiger charge is 2.36. The number of anilines is 1. The molecule has 21 heavy (non-hydrogen) atoms. The monoisotopic (exact) mass is 296 g/mol. The third kappa shape index (κ3) is 3.34. The standard InChI is InChI=1S/C14H24N4O3/c1-13(2)5-7-14(21,8-6-13)9-15-10-11(19)17(3)12(20)18(4)16-10/h21H,5-9H2,1-4H3,(H,15,16). The van der Waals surface area contributed by atoms with Crippen molar-refractivity contribution < 1.29 is 5.11 Å². The lowest BCUT2D eigenvalue weighted by molar-refractivity contribution is -0.0146. The van der Waals surface area contributed by atoms with Gasteiger partial charge in [0.25, 0.3) is 5.56 Å². The van der Waals surface area contributed by atoms with Gasteiger partial charge in [-0.15, -0.1) is 5.10 Å². The van der Waals surface area contributed by atoms with E-state index in [-0.39, 0.29) is 17.8 Å². The second-order valence-electron chi connectivity index (χ2n) is 6.86. The zero-order valence-corrected chi connectivity index (χ0v) is 13.1. The smallest absolute Gasteiger partial charge is 0.346 e. The van der Waals surface area contributed by atoms with E-state index in [2.05, 4.69) is 24.3 Å². The summed E-state index contributed by atoms with van der Waals surface area (Å²) in [6.45, 7) is 4.66. The van der Waals surface area contributed by atoms with Crippen LogP contribution in [0.4, 0.5) is 5.82 Å². The Bertz CT molecular complexity index is 635. The van der Waals surface area contributed by atoms with E-state index in [0.29, 0.717) is 12.8 Å². The number of aromatic nitrogens is 3. The molecule has 7 heteroatoms. The van der Waals surface area contributed by atoms with Crippen LogP contribution in [0.1, 0.15) is 39.5 Å². The quantitative estimate of drug-likeness (QED) is 0.833. The van der Waals surface area contributed by atoms with Crippen LogP contribution in [-0.2, 0) is 14.1 Å². The average Bonchev–Trinajstić information content (AvgIpc) is 2.43. The average molecular weight is 296 g/mol. The molecular formula is C14H24N4O3. The van der Waals surface area contributed by atoms with Crippen LogP contribution in [0.3, 0.4) is 0 Å². The molecule has 1 aliphatic carbocycles. The predicted molar refractivity (Wildman–Crippen MR) is 80.4 cm³/mol. The molecule has 0 radical (unpaired) electrons. The van der Waals surface area contributed by atoms with Crippen molar-refractivity contribution in [1.82, 2.24) is 14.3 Å². The molecule has 0 spiro atoms. The maximum Gasteiger partial charge on any atom is 0.346 e. The Balaban J connectivity index is 2.11. The van der Waals surface area contributed by atoms with Gasteiger partial charge in [0.15, 0.2) is 0 Å². The van der Waals surface area contributed by atoms with Gasteiger partial charge in [-0.1, -0.05) is 13.8 Å². The van der Waals surface area contributed by atoms with Crippen LogP contribution in [0.5, 0.6) is 0 Å². The second-order valence-corrected chi connectivity index (χ2v) is 6.86. The van der Waals surface area contributed by atoms with Crippen molar-refractivity contribution in [3.63, 3.8) is 0 Å². The summed E-state index contributed by atoms with van der Waals surface area (Å²) in [5.41, 5.74) is -1.50. The van der Waals surface area contributed by atoms with E-state index in [1.54, 1.807) is 0 Å². The van der Waals surface area contributed by atoms with Crippen molar-refractivity contribution in [3.8, 4) is 0 Å². The fraction of sp³-hybridized carbons (Fsp3) is 0.786. The predicted octanol–water partition coefficient (Wildman–Crippen LogP) is 0.222. The largest absolute Gasteiger partial charge is 0.388 e. The molecule has 0 saturated heterocycles. The summed E-state index contributed by atoms with van der Waals surface area (Å²) in [5.74, 6) is 0.0952. The SMILES string of the molecule is Cn1nc(NCC2(O)CCC(C)(C)CC2)c(=O)n(C)c1=O. The van der Waals surface area contributed by atoms with E-state index in [9.17, 15) is 14.7 Å². The number of nitrogens with one attached hydrogen (secondary N) is 1. The molecule has 1 aromatic heterocycles. The minimum absolute atomic E-state index is 0.0952. The number of nitrogens with zero attached hydrogens (tertiary/aromatic N) is 3. The summed E-state index contributed by atoms with van der Waals surface area (Å²) in [4.78, 5) is 23.5. The summed E-state index contributed by atoms with van der Waals surface area (Å²) in [5, 5.41) is 17.4. The van der Waals surface area contributed by atoms with Crippen LogP contribution in [0.15, 0.2) is 9.59 Å². The van der Waals surface area contributed by atoms with Gasteiger partial charge in [0.05, 0.1) is 5.60 Å². The van der Waals surface area contributed by atoms with E-state index < -0.39 is 16.9 Å². The highest BCUT2D eigenvalue weighted by molar-refractivity contribution is 5.30. The molecule has 0 aliphatic heterocycles. The van der Waals surface area contributed by atoms with Crippen molar-refractivity contribution in [2.24, 2.45) is 19.5 Å². The molecule has 1 aromatic rings. The number of aliphatic hydroxyl groups is 1. The zero-order valence-electron chi connectivity index (χ0n) is 13.1.